The molecule has 0 fully saturated rings. The van der Waals surface area contributed by atoms with Crippen molar-refractivity contribution < 1.29 is 0 Å². The number of aromatic amines is 1. The van der Waals surface area contributed by atoms with E-state index >= 15 is 0 Å². The van der Waals surface area contributed by atoms with E-state index in [4.69, 9.17) is 12.2 Å². The summed E-state index contributed by atoms with van der Waals surface area (Å²) in [5.41, 5.74) is 3.29. The quantitative estimate of drug-likeness (QED) is 0.813. The lowest BCUT2D eigenvalue weighted by atomic mass is 10.1. The summed E-state index contributed by atoms with van der Waals surface area (Å²) < 4.78 is 0.697. The van der Waals surface area contributed by atoms with Crippen molar-refractivity contribution in [3.8, 4) is 11.3 Å². The first-order chi connectivity index (χ1) is 8.63. The minimum atomic E-state index is 0.398. The van der Waals surface area contributed by atoms with Crippen LogP contribution in [0.2, 0.25) is 0 Å². The van der Waals surface area contributed by atoms with Crippen LogP contribution >= 0.6 is 12.2 Å². The predicted octanol–water partition coefficient (Wildman–Crippen LogP) is 4.63. The second-order valence-electron chi connectivity index (χ2n) is 4.60. The van der Waals surface area contributed by atoms with Crippen molar-refractivity contribution >= 4 is 12.2 Å². The topological polar surface area (TPSA) is 28.7 Å². The lowest BCUT2D eigenvalue weighted by Crippen LogP contribution is -2.03. The molecular weight excluding hydrogens is 240 g/mol. The fourth-order valence-electron chi connectivity index (χ4n) is 1.87. The van der Waals surface area contributed by atoms with Crippen LogP contribution < -0.4 is 0 Å². The second-order valence-corrected chi connectivity index (χ2v) is 4.99. The van der Waals surface area contributed by atoms with E-state index in [1.807, 2.05) is 25.1 Å². The van der Waals surface area contributed by atoms with E-state index in [0.29, 0.717) is 10.6 Å². The summed E-state index contributed by atoms with van der Waals surface area (Å²) in [6.45, 7) is 6.34. The van der Waals surface area contributed by atoms with Gasteiger partial charge in [-0.3, -0.25) is 0 Å². The maximum Gasteiger partial charge on any atom is 0.133 e. The zero-order valence-corrected chi connectivity index (χ0v) is 11.8. The number of hydrogen-bond acceptors (Lipinski definition) is 2. The first kappa shape index (κ1) is 13.0. The molecular formula is C15H18N2S. The summed E-state index contributed by atoms with van der Waals surface area (Å²) >= 11 is 5.36. The van der Waals surface area contributed by atoms with E-state index in [1.54, 1.807) is 0 Å². The number of rotatable bonds is 3. The molecule has 0 aliphatic heterocycles. The van der Waals surface area contributed by atoms with Crippen molar-refractivity contribution in [3.05, 3.63) is 46.4 Å². The molecule has 1 aromatic carbocycles. The van der Waals surface area contributed by atoms with Crippen LogP contribution in [-0.4, -0.2) is 9.97 Å². The van der Waals surface area contributed by atoms with E-state index in [0.717, 1.165) is 29.1 Å². The van der Waals surface area contributed by atoms with Gasteiger partial charge in [-0.1, -0.05) is 56.4 Å². The maximum absolute atomic E-state index is 5.36. The van der Waals surface area contributed by atoms with Crippen LogP contribution in [0.1, 0.15) is 37.6 Å². The Kier molecular flexibility index (Phi) is 3.92. The molecule has 3 heteroatoms. The van der Waals surface area contributed by atoms with Crippen LogP contribution in [-0.2, 0) is 0 Å². The molecule has 1 heterocycles. The first-order valence-corrected chi connectivity index (χ1v) is 6.70. The van der Waals surface area contributed by atoms with Crippen molar-refractivity contribution in [3.63, 3.8) is 0 Å². The molecule has 0 aliphatic carbocycles. The summed E-state index contributed by atoms with van der Waals surface area (Å²) in [6.07, 6.45) is 1.05. The highest BCUT2D eigenvalue weighted by Gasteiger charge is 2.10. The number of benzene rings is 1. The summed E-state index contributed by atoms with van der Waals surface area (Å²) in [7, 11) is 0. The molecule has 0 aliphatic rings. The Hall–Kier alpha value is -1.48. The Labute approximate surface area is 113 Å². The van der Waals surface area contributed by atoms with Crippen molar-refractivity contribution in [2.75, 3.05) is 0 Å². The van der Waals surface area contributed by atoms with Gasteiger partial charge in [-0.15, -0.1) is 0 Å². The lowest BCUT2D eigenvalue weighted by molar-refractivity contribution is 0.676. The van der Waals surface area contributed by atoms with Crippen LogP contribution in [0.3, 0.4) is 0 Å². The van der Waals surface area contributed by atoms with Crippen LogP contribution in [0.5, 0.6) is 0 Å². The molecule has 1 atom stereocenters. The molecule has 0 spiro atoms. The Morgan fingerprint density at radius 1 is 1.28 bits per heavy atom. The van der Waals surface area contributed by atoms with Gasteiger partial charge in [-0.2, -0.15) is 0 Å². The molecule has 2 rings (SSSR count). The Balaban J connectivity index is 2.60. The van der Waals surface area contributed by atoms with E-state index in [1.165, 1.54) is 0 Å². The molecule has 2 aromatic rings. The molecule has 94 valence electrons. The average molecular weight is 258 g/mol. The van der Waals surface area contributed by atoms with Crippen LogP contribution in [0.4, 0.5) is 0 Å². The zero-order valence-electron chi connectivity index (χ0n) is 11.0. The van der Waals surface area contributed by atoms with Gasteiger partial charge in [-0.05, 0) is 18.9 Å². The van der Waals surface area contributed by atoms with Crippen molar-refractivity contribution in [2.24, 2.45) is 0 Å². The monoisotopic (exact) mass is 258 g/mol. The third-order valence-electron chi connectivity index (χ3n) is 3.31. The predicted molar refractivity (Wildman–Crippen MR) is 78.3 cm³/mol. The summed E-state index contributed by atoms with van der Waals surface area (Å²) in [5, 5.41) is 0. The highest BCUT2D eigenvalue weighted by Crippen LogP contribution is 2.24. The number of H-pyrrole nitrogens is 1. The van der Waals surface area contributed by atoms with E-state index < -0.39 is 0 Å². The molecule has 0 bridgehead atoms. The third-order valence-corrected chi connectivity index (χ3v) is 3.71. The van der Waals surface area contributed by atoms with Crippen molar-refractivity contribution in [1.82, 2.24) is 9.97 Å². The summed E-state index contributed by atoms with van der Waals surface area (Å²) in [6, 6.07) is 10.3. The van der Waals surface area contributed by atoms with E-state index in [-0.39, 0.29) is 0 Å². The van der Waals surface area contributed by atoms with Gasteiger partial charge in [-0.25, -0.2) is 4.98 Å². The normalized spacial score (nSPS) is 12.4. The van der Waals surface area contributed by atoms with Crippen LogP contribution in [0.25, 0.3) is 11.3 Å². The highest BCUT2D eigenvalue weighted by molar-refractivity contribution is 7.71. The van der Waals surface area contributed by atoms with Gasteiger partial charge in [0.2, 0.25) is 0 Å². The molecule has 2 nitrogen and oxygen atoms in total. The molecule has 18 heavy (non-hydrogen) atoms. The molecule has 0 amide bonds. The minimum absolute atomic E-state index is 0.398. The van der Waals surface area contributed by atoms with Gasteiger partial charge in [0.05, 0.1) is 5.69 Å². The van der Waals surface area contributed by atoms with E-state index in [2.05, 4.69) is 35.9 Å². The van der Waals surface area contributed by atoms with Crippen molar-refractivity contribution in [1.29, 1.82) is 0 Å². The second kappa shape index (κ2) is 5.44. The smallest absolute Gasteiger partial charge is 0.133 e. The summed E-state index contributed by atoms with van der Waals surface area (Å²) in [5.74, 6) is 1.38. The third kappa shape index (κ3) is 2.51. The summed E-state index contributed by atoms with van der Waals surface area (Å²) in [4.78, 5) is 7.93. The van der Waals surface area contributed by atoms with Gasteiger partial charge < -0.3 is 4.98 Å². The molecule has 0 saturated heterocycles. The van der Waals surface area contributed by atoms with Gasteiger partial charge >= 0.3 is 0 Å². The van der Waals surface area contributed by atoms with Crippen LogP contribution in [0.15, 0.2) is 30.3 Å². The lowest BCUT2D eigenvalue weighted by Gasteiger charge is -2.13. The number of nitrogens with zero attached hydrogens (tertiary/aromatic N) is 1. The highest BCUT2D eigenvalue weighted by atomic mass is 32.1. The number of aromatic nitrogens is 2. The number of nitrogens with one attached hydrogen (secondary N) is 1. The Morgan fingerprint density at radius 3 is 2.56 bits per heavy atom. The van der Waals surface area contributed by atoms with Gasteiger partial charge in [0.1, 0.15) is 10.5 Å². The van der Waals surface area contributed by atoms with E-state index in [9.17, 15) is 0 Å². The fourth-order valence-corrected chi connectivity index (χ4v) is 2.07. The van der Waals surface area contributed by atoms with Gasteiger partial charge in [0.15, 0.2) is 0 Å². The standard InChI is InChI=1S/C15H18N2S/c1-4-10(2)14-16-13(11(3)15(18)17-14)12-8-6-5-7-9-12/h5-10H,4H2,1-3H3,(H,16,17,18). The Morgan fingerprint density at radius 2 is 1.94 bits per heavy atom. The fraction of sp³-hybridized carbons (Fsp3) is 0.333. The van der Waals surface area contributed by atoms with Crippen LogP contribution in [0, 0.1) is 11.6 Å². The van der Waals surface area contributed by atoms with Gasteiger partial charge in [0.25, 0.3) is 0 Å². The minimum Gasteiger partial charge on any atom is -0.343 e. The van der Waals surface area contributed by atoms with Gasteiger partial charge in [0, 0.05) is 11.5 Å². The molecule has 0 saturated carbocycles. The number of hydrogen-bond donors (Lipinski definition) is 1. The first-order valence-electron chi connectivity index (χ1n) is 6.29. The Bertz CT molecular complexity index is 587. The SMILES string of the molecule is CCC(C)c1nc(=S)c(C)c(-c2ccccc2)[nH]1. The molecule has 1 N–H and O–H groups in total. The van der Waals surface area contributed by atoms with Crippen molar-refractivity contribution in [2.45, 2.75) is 33.1 Å². The molecule has 1 unspecified atom stereocenters. The molecule has 1 aromatic heterocycles. The maximum atomic E-state index is 5.36. The average Bonchev–Trinajstić information content (AvgIpc) is 2.41. The largest absolute Gasteiger partial charge is 0.343 e. The molecule has 0 radical (unpaired) electrons. The zero-order chi connectivity index (χ0) is 13.1.